The van der Waals surface area contributed by atoms with Crippen LogP contribution < -0.4 is 0 Å². The molecule has 0 atom stereocenters. The zero-order valence-electron chi connectivity index (χ0n) is 10.3. The van der Waals surface area contributed by atoms with E-state index in [0.717, 1.165) is 0 Å². The van der Waals surface area contributed by atoms with Gasteiger partial charge in [0.1, 0.15) is 11.8 Å². The minimum absolute atomic E-state index is 0.0696. The molecule has 0 unspecified atom stereocenters. The molecule has 9 nitrogen and oxygen atoms in total. The molecule has 0 fully saturated rings. The van der Waals surface area contributed by atoms with E-state index in [0.29, 0.717) is 11.1 Å². The Morgan fingerprint density at radius 2 is 2.29 bits per heavy atom. The first-order valence-electron chi connectivity index (χ1n) is 5.71. The molecule has 102 valence electrons. The summed E-state index contributed by atoms with van der Waals surface area (Å²) < 4.78 is 5.06. The van der Waals surface area contributed by atoms with Gasteiger partial charge in [-0.05, 0) is 0 Å². The van der Waals surface area contributed by atoms with Gasteiger partial charge in [-0.15, -0.1) is 0 Å². The van der Waals surface area contributed by atoms with E-state index in [1.165, 1.54) is 24.4 Å². The normalized spacial score (nSPS) is 10.2. The molecule has 2 heterocycles. The number of rotatable bonds is 3. The lowest BCUT2D eigenvalue weighted by atomic mass is 10.2. The minimum atomic E-state index is -0.506. The first-order valence-corrected chi connectivity index (χ1v) is 5.71. The van der Waals surface area contributed by atoms with Gasteiger partial charge in [0.15, 0.2) is 0 Å². The Hall–Kier alpha value is -3.54. The summed E-state index contributed by atoms with van der Waals surface area (Å²) >= 11 is 0. The van der Waals surface area contributed by atoms with Crippen molar-refractivity contribution >= 4 is 5.69 Å². The Bertz CT molecular complexity index is 860. The molecule has 0 amide bonds. The van der Waals surface area contributed by atoms with E-state index in [4.69, 9.17) is 9.78 Å². The van der Waals surface area contributed by atoms with Crippen molar-refractivity contribution in [3.8, 4) is 28.9 Å². The zero-order valence-corrected chi connectivity index (χ0v) is 10.3. The third-order valence-corrected chi connectivity index (χ3v) is 2.72. The van der Waals surface area contributed by atoms with E-state index < -0.39 is 4.92 Å². The standard InChI is InChI=1S/C12H6N6O3/c13-5-10-9(6-14-16-10)12-15-11(17-21-12)7-2-1-3-8(4-7)18(19)20/h1-4,6H,(H,14,16). The second kappa shape index (κ2) is 4.86. The van der Waals surface area contributed by atoms with Gasteiger partial charge in [-0.2, -0.15) is 15.3 Å². The number of H-pyrrole nitrogens is 1. The fourth-order valence-corrected chi connectivity index (χ4v) is 1.74. The Labute approximate surface area is 117 Å². The van der Waals surface area contributed by atoms with Crippen molar-refractivity contribution in [3.05, 3.63) is 46.3 Å². The molecule has 0 saturated carbocycles. The topological polar surface area (TPSA) is 135 Å². The summed E-state index contributed by atoms with van der Waals surface area (Å²) in [5.74, 6) is 0.306. The monoisotopic (exact) mass is 282 g/mol. The number of aromatic nitrogens is 4. The van der Waals surface area contributed by atoms with E-state index >= 15 is 0 Å². The Kier molecular flexibility index (Phi) is 2.89. The summed E-state index contributed by atoms with van der Waals surface area (Å²) in [6.07, 6.45) is 1.39. The van der Waals surface area contributed by atoms with E-state index in [1.807, 2.05) is 6.07 Å². The molecule has 0 spiro atoms. The maximum Gasteiger partial charge on any atom is 0.270 e. The van der Waals surface area contributed by atoms with Gasteiger partial charge in [-0.3, -0.25) is 15.2 Å². The second-order valence-corrected chi connectivity index (χ2v) is 4.00. The number of nitro groups is 1. The Morgan fingerprint density at radius 3 is 3.05 bits per heavy atom. The fourth-order valence-electron chi connectivity index (χ4n) is 1.74. The number of hydrogen-bond donors (Lipinski definition) is 1. The summed E-state index contributed by atoms with van der Waals surface area (Å²) in [4.78, 5) is 14.4. The molecule has 0 bridgehead atoms. The van der Waals surface area contributed by atoms with Crippen LogP contribution in [0.3, 0.4) is 0 Å². The highest BCUT2D eigenvalue weighted by Crippen LogP contribution is 2.25. The molecule has 1 N–H and O–H groups in total. The highest BCUT2D eigenvalue weighted by Gasteiger charge is 2.17. The number of non-ortho nitro benzene ring substituents is 1. The maximum atomic E-state index is 10.8. The maximum absolute atomic E-state index is 10.8. The van der Waals surface area contributed by atoms with Gasteiger partial charge in [-0.1, -0.05) is 17.3 Å². The number of benzene rings is 1. The van der Waals surface area contributed by atoms with Crippen molar-refractivity contribution in [2.24, 2.45) is 0 Å². The molecular weight excluding hydrogens is 276 g/mol. The van der Waals surface area contributed by atoms with E-state index in [-0.39, 0.29) is 23.1 Å². The SMILES string of the molecule is N#Cc1[nH]ncc1-c1nc(-c2cccc([N+](=O)[O-])c2)no1. The molecule has 3 aromatic rings. The van der Waals surface area contributed by atoms with E-state index in [2.05, 4.69) is 20.3 Å². The molecule has 0 aliphatic rings. The van der Waals surface area contributed by atoms with E-state index in [9.17, 15) is 10.1 Å². The number of nitro benzene ring substituents is 1. The number of hydrogen-bond acceptors (Lipinski definition) is 7. The lowest BCUT2D eigenvalue weighted by Gasteiger charge is -1.94. The number of nitrogens with zero attached hydrogens (tertiary/aromatic N) is 5. The second-order valence-electron chi connectivity index (χ2n) is 4.00. The molecule has 9 heteroatoms. The number of nitrogens with one attached hydrogen (secondary N) is 1. The molecule has 0 saturated heterocycles. The van der Waals surface area contributed by atoms with Gasteiger partial charge in [0.25, 0.3) is 11.6 Å². The van der Waals surface area contributed by atoms with Crippen LogP contribution in [0.25, 0.3) is 22.8 Å². The molecule has 1 aromatic carbocycles. The molecule has 2 aromatic heterocycles. The van der Waals surface area contributed by atoms with Gasteiger partial charge >= 0.3 is 0 Å². The van der Waals surface area contributed by atoms with Gasteiger partial charge in [0.2, 0.25) is 5.82 Å². The summed E-state index contributed by atoms with van der Waals surface area (Å²) in [7, 11) is 0. The third-order valence-electron chi connectivity index (χ3n) is 2.72. The van der Waals surface area contributed by atoms with Crippen molar-refractivity contribution in [2.45, 2.75) is 0 Å². The first kappa shape index (κ1) is 12.5. The summed E-state index contributed by atoms with van der Waals surface area (Å²) in [5, 5.41) is 29.6. The number of aromatic amines is 1. The van der Waals surface area contributed by atoms with Gasteiger partial charge in [-0.25, -0.2) is 0 Å². The van der Waals surface area contributed by atoms with Crippen LogP contribution >= 0.6 is 0 Å². The predicted molar refractivity (Wildman–Crippen MR) is 68.7 cm³/mol. The highest BCUT2D eigenvalue weighted by atomic mass is 16.6. The largest absolute Gasteiger partial charge is 0.333 e. The lowest BCUT2D eigenvalue weighted by Crippen LogP contribution is -1.89. The Balaban J connectivity index is 2.01. The third kappa shape index (κ3) is 2.21. The summed E-state index contributed by atoms with van der Waals surface area (Å²) in [6.45, 7) is 0. The van der Waals surface area contributed by atoms with Crippen LogP contribution in [0, 0.1) is 21.4 Å². The molecule has 21 heavy (non-hydrogen) atoms. The van der Waals surface area contributed by atoms with Crippen molar-refractivity contribution < 1.29 is 9.45 Å². The van der Waals surface area contributed by atoms with Crippen molar-refractivity contribution in [2.75, 3.05) is 0 Å². The zero-order chi connectivity index (χ0) is 14.8. The van der Waals surface area contributed by atoms with Gasteiger partial charge in [0, 0.05) is 17.7 Å². The first-order chi connectivity index (χ1) is 10.2. The van der Waals surface area contributed by atoms with Gasteiger partial charge < -0.3 is 4.52 Å². The van der Waals surface area contributed by atoms with Crippen LogP contribution in [-0.4, -0.2) is 25.3 Å². The molecule has 0 aliphatic carbocycles. The van der Waals surface area contributed by atoms with Crippen molar-refractivity contribution in [1.82, 2.24) is 20.3 Å². The average Bonchev–Trinajstić information content (AvgIpc) is 3.15. The predicted octanol–water partition coefficient (Wildman–Crippen LogP) is 1.91. The summed E-state index contributed by atoms with van der Waals surface area (Å²) in [5.41, 5.74) is 0.951. The minimum Gasteiger partial charge on any atom is -0.333 e. The Morgan fingerprint density at radius 1 is 1.43 bits per heavy atom. The van der Waals surface area contributed by atoms with Crippen LogP contribution in [0.2, 0.25) is 0 Å². The fraction of sp³-hybridized carbons (Fsp3) is 0. The highest BCUT2D eigenvalue weighted by molar-refractivity contribution is 5.64. The molecule has 0 radical (unpaired) electrons. The molecular formula is C12H6N6O3. The molecule has 3 rings (SSSR count). The summed E-state index contributed by atoms with van der Waals surface area (Å²) in [6, 6.07) is 7.78. The molecule has 0 aliphatic heterocycles. The van der Waals surface area contributed by atoms with E-state index in [1.54, 1.807) is 6.07 Å². The lowest BCUT2D eigenvalue weighted by molar-refractivity contribution is -0.384. The average molecular weight is 282 g/mol. The van der Waals surface area contributed by atoms with Crippen LogP contribution in [0.5, 0.6) is 0 Å². The van der Waals surface area contributed by atoms with Crippen LogP contribution in [0.1, 0.15) is 5.69 Å². The number of nitriles is 1. The van der Waals surface area contributed by atoms with Gasteiger partial charge in [0.05, 0.1) is 16.7 Å². The smallest absolute Gasteiger partial charge is 0.270 e. The quantitative estimate of drug-likeness (QED) is 0.572. The van der Waals surface area contributed by atoms with Crippen LogP contribution in [0.15, 0.2) is 35.0 Å². The van der Waals surface area contributed by atoms with Crippen molar-refractivity contribution in [3.63, 3.8) is 0 Å². The van der Waals surface area contributed by atoms with Crippen molar-refractivity contribution in [1.29, 1.82) is 5.26 Å². The van der Waals surface area contributed by atoms with Crippen LogP contribution in [0.4, 0.5) is 5.69 Å². The van der Waals surface area contributed by atoms with Crippen LogP contribution in [-0.2, 0) is 0 Å².